The van der Waals surface area contributed by atoms with Gasteiger partial charge in [0.2, 0.25) is 0 Å². The van der Waals surface area contributed by atoms with Crippen molar-refractivity contribution in [2.24, 2.45) is 0 Å². The molecule has 130 valence electrons. The van der Waals surface area contributed by atoms with Crippen LogP contribution in [0.4, 0.5) is 5.13 Å². The molecule has 1 amide bonds. The quantitative estimate of drug-likeness (QED) is 0.532. The van der Waals surface area contributed by atoms with Crippen LogP contribution in [0.15, 0.2) is 53.2 Å². The number of amides is 1. The molecule has 0 aliphatic heterocycles. The second-order valence-corrected chi connectivity index (χ2v) is 7.14. The second-order valence-electron chi connectivity index (χ2n) is 5.34. The number of nitrogens with zero attached hydrogens (tertiary/aromatic N) is 2. The molecule has 0 saturated heterocycles. The zero-order chi connectivity index (χ0) is 17.9. The van der Waals surface area contributed by atoms with Gasteiger partial charge in [-0.1, -0.05) is 18.2 Å². The summed E-state index contributed by atoms with van der Waals surface area (Å²) in [6.45, 7) is 0. The van der Waals surface area contributed by atoms with Crippen LogP contribution >= 0.6 is 22.7 Å². The van der Waals surface area contributed by atoms with Gasteiger partial charge in [0.15, 0.2) is 10.8 Å². The maximum absolute atomic E-state index is 12.4. The molecule has 4 aromatic rings. The molecule has 0 atom stereocenters. The lowest BCUT2D eigenvalue weighted by atomic mass is 10.1. The smallest absolute Gasteiger partial charge is 0.277 e. The van der Waals surface area contributed by atoms with Gasteiger partial charge in [-0.15, -0.1) is 22.7 Å². The number of rotatable bonds is 5. The van der Waals surface area contributed by atoms with Gasteiger partial charge in [-0.3, -0.25) is 15.2 Å². The molecule has 0 radical (unpaired) electrons. The van der Waals surface area contributed by atoms with Crippen LogP contribution in [-0.2, 0) is 0 Å². The molecule has 4 rings (SSSR count). The zero-order valence-electron chi connectivity index (χ0n) is 13.7. The number of nitrogens with one attached hydrogen (secondary N) is 2. The number of aromatic nitrogens is 3. The molecule has 3 aromatic heterocycles. The predicted octanol–water partition coefficient (Wildman–Crippen LogP) is 4.52. The maximum Gasteiger partial charge on any atom is 0.277 e. The van der Waals surface area contributed by atoms with Crippen molar-refractivity contribution in [3.63, 3.8) is 0 Å². The van der Waals surface area contributed by atoms with Gasteiger partial charge in [0, 0.05) is 10.9 Å². The van der Waals surface area contributed by atoms with E-state index >= 15 is 0 Å². The Kier molecular flexibility index (Phi) is 4.51. The average Bonchev–Trinajstić information content (AvgIpc) is 3.41. The van der Waals surface area contributed by atoms with E-state index in [9.17, 15) is 4.79 Å². The van der Waals surface area contributed by atoms with Crippen molar-refractivity contribution in [3.8, 4) is 27.6 Å². The van der Waals surface area contributed by atoms with Crippen LogP contribution in [-0.4, -0.2) is 28.2 Å². The number of ether oxygens (including phenoxy) is 1. The first-order valence-electron chi connectivity index (χ1n) is 7.74. The number of H-pyrrole nitrogens is 1. The van der Waals surface area contributed by atoms with E-state index in [1.165, 1.54) is 11.3 Å². The molecule has 0 fully saturated rings. The minimum absolute atomic E-state index is 0.301. The number of carbonyl (C=O) groups is 1. The summed E-state index contributed by atoms with van der Waals surface area (Å²) in [7, 11) is 1.62. The summed E-state index contributed by atoms with van der Waals surface area (Å²) >= 11 is 2.94. The molecule has 1 aromatic carbocycles. The molecule has 0 spiro atoms. The summed E-state index contributed by atoms with van der Waals surface area (Å²) in [6.07, 6.45) is 0. The standard InChI is InChI=1S/C18H14N4O2S2/c1-24-15-6-3-2-5-11(15)14-10-26-18(19-14)20-17(23)13-9-12(21-22-13)16-7-4-8-25-16/h2-10H,1H3,(H,21,22)(H,19,20,23). The highest BCUT2D eigenvalue weighted by atomic mass is 32.1. The van der Waals surface area contributed by atoms with Gasteiger partial charge in [-0.2, -0.15) is 5.10 Å². The van der Waals surface area contributed by atoms with Crippen LogP contribution in [0.3, 0.4) is 0 Å². The molecule has 0 unspecified atom stereocenters. The number of hydrogen-bond donors (Lipinski definition) is 2. The molecular weight excluding hydrogens is 368 g/mol. The van der Waals surface area contributed by atoms with Gasteiger partial charge in [0.05, 0.1) is 23.4 Å². The lowest BCUT2D eigenvalue weighted by molar-refractivity contribution is 0.102. The molecule has 0 aliphatic carbocycles. The van der Waals surface area contributed by atoms with Crippen LogP contribution in [0.1, 0.15) is 10.5 Å². The summed E-state index contributed by atoms with van der Waals surface area (Å²) in [4.78, 5) is 17.9. The lowest BCUT2D eigenvalue weighted by Gasteiger charge is -2.04. The van der Waals surface area contributed by atoms with Crippen molar-refractivity contribution in [1.82, 2.24) is 15.2 Å². The number of carbonyl (C=O) groups excluding carboxylic acids is 1. The van der Waals surface area contributed by atoms with E-state index < -0.39 is 0 Å². The van der Waals surface area contributed by atoms with E-state index in [1.807, 2.05) is 47.2 Å². The number of aromatic amines is 1. The zero-order valence-corrected chi connectivity index (χ0v) is 15.4. The van der Waals surface area contributed by atoms with E-state index in [0.717, 1.165) is 27.6 Å². The van der Waals surface area contributed by atoms with Crippen molar-refractivity contribution in [1.29, 1.82) is 0 Å². The predicted molar refractivity (Wildman–Crippen MR) is 104 cm³/mol. The molecule has 3 heterocycles. The first kappa shape index (κ1) is 16.5. The third-order valence-electron chi connectivity index (χ3n) is 3.70. The van der Waals surface area contributed by atoms with Crippen LogP contribution in [0.25, 0.3) is 21.8 Å². The number of anilines is 1. The fourth-order valence-electron chi connectivity index (χ4n) is 2.47. The Hall–Kier alpha value is -2.97. The minimum atomic E-state index is -0.301. The van der Waals surface area contributed by atoms with E-state index in [0.29, 0.717) is 10.8 Å². The third kappa shape index (κ3) is 3.24. The van der Waals surface area contributed by atoms with Gasteiger partial charge < -0.3 is 4.74 Å². The fourth-order valence-corrected chi connectivity index (χ4v) is 3.87. The molecule has 0 bridgehead atoms. The Morgan fingerprint density at radius 2 is 2.08 bits per heavy atom. The number of hydrogen-bond acceptors (Lipinski definition) is 6. The Balaban J connectivity index is 1.51. The van der Waals surface area contributed by atoms with E-state index in [4.69, 9.17) is 4.74 Å². The van der Waals surface area contributed by atoms with Crippen LogP contribution in [0.2, 0.25) is 0 Å². The summed E-state index contributed by atoms with van der Waals surface area (Å²) in [5.74, 6) is 0.438. The van der Waals surface area contributed by atoms with E-state index in [2.05, 4.69) is 20.5 Å². The normalized spacial score (nSPS) is 10.7. The third-order valence-corrected chi connectivity index (χ3v) is 5.37. The summed E-state index contributed by atoms with van der Waals surface area (Å²) in [6, 6.07) is 13.3. The molecule has 0 saturated carbocycles. The van der Waals surface area contributed by atoms with Gasteiger partial charge in [0.25, 0.3) is 5.91 Å². The van der Waals surface area contributed by atoms with E-state index in [-0.39, 0.29) is 5.91 Å². The molecule has 6 nitrogen and oxygen atoms in total. The van der Waals surface area contributed by atoms with Crippen LogP contribution < -0.4 is 10.1 Å². The number of methoxy groups -OCH3 is 1. The Morgan fingerprint density at radius 3 is 2.88 bits per heavy atom. The highest BCUT2D eigenvalue weighted by Crippen LogP contribution is 2.32. The lowest BCUT2D eigenvalue weighted by Crippen LogP contribution is -2.12. The minimum Gasteiger partial charge on any atom is -0.496 e. The molecular formula is C18H14N4O2S2. The van der Waals surface area contributed by atoms with Crippen molar-refractivity contribution in [2.45, 2.75) is 0 Å². The van der Waals surface area contributed by atoms with Gasteiger partial charge in [-0.05, 0) is 29.6 Å². The van der Waals surface area contributed by atoms with Gasteiger partial charge >= 0.3 is 0 Å². The molecule has 2 N–H and O–H groups in total. The highest BCUT2D eigenvalue weighted by Gasteiger charge is 2.15. The van der Waals surface area contributed by atoms with Crippen molar-refractivity contribution in [2.75, 3.05) is 12.4 Å². The number of thiophene rings is 1. The SMILES string of the molecule is COc1ccccc1-c1csc(NC(=O)c2cc(-c3cccs3)[nH]n2)n1. The summed E-state index contributed by atoms with van der Waals surface area (Å²) in [5, 5.41) is 14.1. The first-order valence-corrected chi connectivity index (χ1v) is 9.50. The van der Waals surface area contributed by atoms with E-state index in [1.54, 1.807) is 24.5 Å². The number of thiazole rings is 1. The monoisotopic (exact) mass is 382 g/mol. The number of para-hydroxylation sites is 1. The molecule has 26 heavy (non-hydrogen) atoms. The highest BCUT2D eigenvalue weighted by molar-refractivity contribution is 7.14. The van der Waals surface area contributed by atoms with Crippen molar-refractivity contribution in [3.05, 3.63) is 58.9 Å². The Labute approximate surface area is 157 Å². The van der Waals surface area contributed by atoms with Crippen LogP contribution in [0, 0.1) is 0 Å². The number of benzene rings is 1. The topological polar surface area (TPSA) is 79.9 Å². The van der Waals surface area contributed by atoms with Crippen molar-refractivity contribution >= 4 is 33.7 Å². The second kappa shape index (κ2) is 7.11. The van der Waals surface area contributed by atoms with Gasteiger partial charge in [0.1, 0.15) is 5.75 Å². The Morgan fingerprint density at radius 1 is 1.19 bits per heavy atom. The molecule has 8 heteroatoms. The van der Waals surface area contributed by atoms with Gasteiger partial charge in [-0.25, -0.2) is 4.98 Å². The average molecular weight is 382 g/mol. The van der Waals surface area contributed by atoms with Crippen molar-refractivity contribution < 1.29 is 9.53 Å². The summed E-state index contributed by atoms with van der Waals surface area (Å²) < 4.78 is 5.36. The summed E-state index contributed by atoms with van der Waals surface area (Å²) in [5.41, 5.74) is 2.77. The molecule has 0 aliphatic rings. The maximum atomic E-state index is 12.4. The Bertz CT molecular complexity index is 1040. The fraction of sp³-hybridized carbons (Fsp3) is 0.0556. The largest absolute Gasteiger partial charge is 0.496 e. The van der Waals surface area contributed by atoms with Crippen LogP contribution in [0.5, 0.6) is 5.75 Å². The first-order chi connectivity index (χ1) is 12.7.